The predicted molar refractivity (Wildman–Crippen MR) is 81.7 cm³/mol. The van der Waals surface area contributed by atoms with Gasteiger partial charge in [0, 0.05) is 0 Å². The molecule has 2 heteroatoms. The molecule has 0 unspecified atom stereocenters. The van der Waals surface area contributed by atoms with Gasteiger partial charge in [-0.25, -0.2) is 0 Å². The van der Waals surface area contributed by atoms with E-state index in [0.717, 1.165) is 0 Å². The van der Waals surface area contributed by atoms with Crippen LogP contribution in [0.4, 0.5) is 0 Å². The van der Waals surface area contributed by atoms with Crippen molar-refractivity contribution in [3.8, 4) is 0 Å². The first-order chi connectivity index (χ1) is 8.77. The molecular formula is C16H12Se2. The zero-order valence-electron chi connectivity index (χ0n) is 9.74. The molecule has 0 N–H and O–H groups in total. The van der Waals surface area contributed by atoms with E-state index in [4.69, 9.17) is 0 Å². The van der Waals surface area contributed by atoms with Gasteiger partial charge in [-0.2, -0.15) is 0 Å². The Kier molecular flexibility index (Phi) is 5.04. The van der Waals surface area contributed by atoms with Gasteiger partial charge in [0.2, 0.25) is 0 Å². The SMILES string of the molecule is [Se]c1ccccc1/C=C/C=C/c1ccccc1[Se]. The number of rotatable bonds is 3. The van der Waals surface area contributed by atoms with E-state index in [1.165, 1.54) is 20.1 Å². The molecule has 0 aliphatic carbocycles. The van der Waals surface area contributed by atoms with Crippen LogP contribution in [0.5, 0.6) is 0 Å². The molecule has 0 spiro atoms. The summed E-state index contributed by atoms with van der Waals surface area (Å²) in [6.45, 7) is 0. The van der Waals surface area contributed by atoms with Crippen molar-refractivity contribution in [2.75, 3.05) is 0 Å². The Morgan fingerprint density at radius 3 is 1.39 bits per heavy atom. The van der Waals surface area contributed by atoms with Gasteiger partial charge in [-0.3, -0.25) is 0 Å². The van der Waals surface area contributed by atoms with Crippen molar-refractivity contribution in [3.63, 3.8) is 0 Å². The van der Waals surface area contributed by atoms with Gasteiger partial charge in [-0.1, -0.05) is 0 Å². The zero-order valence-corrected chi connectivity index (χ0v) is 13.2. The van der Waals surface area contributed by atoms with E-state index in [0.29, 0.717) is 0 Å². The Morgan fingerprint density at radius 2 is 1.00 bits per heavy atom. The molecule has 18 heavy (non-hydrogen) atoms. The summed E-state index contributed by atoms with van der Waals surface area (Å²) in [5, 5.41) is 0. The van der Waals surface area contributed by atoms with Crippen molar-refractivity contribution >= 4 is 53.1 Å². The standard InChI is InChI=1S/C16H12Se2/c17-15-11-5-3-9-13(15)7-1-2-8-14-10-4-6-12-16(14)18/h1-12H/b7-1+,8-2+. The van der Waals surface area contributed by atoms with Crippen LogP contribution >= 0.6 is 0 Å². The van der Waals surface area contributed by atoms with Crippen molar-refractivity contribution in [1.29, 1.82) is 0 Å². The molecule has 2 aromatic rings. The number of hydrogen-bond acceptors (Lipinski definition) is 0. The molecule has 0 nitrogen and oxygen atoms in total. The van der Waals surface area contributed by atoms with E-state index < -0.39 is 0 Å². The first-order valence-corrected chi connectivity index (χ1v) is 7.35. The third-order valence-corrected chi connectivity index (χ3v) is 4.06. The van der Waals surface area contributed by atoms with Gasteiger partial charge in [0.25, 0.3) is 0 Å². The molecule has 0 saturated carbocycles. The van der Waals surface area contributed by atoms with Crippen LogP contribution < -0.4 is 8.92 Å². The molecule has 0 saturated heterocycles. The van der Waals surface area contributed by atoms with Crippen molar-refractivity contribution < 1.29 is 0 Å². The second kappa shape index (κ2) is 6.77. The number of benzene rings is 2. The van der Waals surface area contributed by atoms with E-state index in [2.05, 4.69) is 80.6 Å². The van der Waals surface area contributed by atoms with Crippen LogP contribution in [0, 0.1) is 0 Å². The summed E-state index contributed by atoms with van der Waals surface area (Å²) in [7, 11) is 0. The average Bonchev–Trinajstić information content (AvgIpc) is 2.38. The van der Waals surface area contributed by atoms with Gasteiger partial charge in [-0.05, 0) is 0 Å². The minimum atomic E-state index is 1.17. The van der Waals surface area contributed by atoms with Crippen molar-refractivity contribution in [1.82, 2.24) is 0 Å². The Labute approximate surface area is 124 Å². The number of hydrogen-bond donors (Lipinski definition) is 0. The van der Waals surface area contributed by atoms with Crippen LogP contribution in [-0.2, 0) is 0 Å². The number of allylic oxidation sites excluding steroid dienone is 2. The molecule has 0 aliphatic rings. The van der Waals surface area contributed by atoms with Crippen LogP contribution in [-0.4, -0.2) is 32.0 Å². The Bertz CT molecular complexity index is 530. The molecular weight excluding hydrogens is 350 g/mol. The molecule has 0 heterocycles. The molecule has 2 rings (SSSR count). The van der Waals surface area contributed by atoms with Gasteiger partial charge < -0.3 is 0 Å². The summed E-state index contributed by atoms with van der Waals surface area (Å²) in [5.41, 5.74) is 2.41. The molecule has 0 aromatic heterocycles. The van der Waals surface area contributed by atoms with Crippen LogP contribution in [0.3, 0.4) is 0 Å². The molecule has 88 valence electrons. The molecule has 0 aliphatic heterocycles. The van der Waals surface area contributed by atoms with E-state index in [1.54, 1.807) is 0 Å². The minimum absolute atomic E-state index is 1.17. The quantitative estimate of drug-likeness (QED) is 0.579. The fraction of sp³-hybridized carbons (Fsp3) is 0. The Morgan fingerprint density at radius 1 is 0.611 bits per heavy atom. The summed E-state index contributed by atoms with van der Waals surface area (Å²) >= 11 is 6.12. The van der Waals surface area contributed by atoms with E-state index in [9.17, 15) is 0 Å². The second-order valence-corrected chi connectivity index (χ2v) is 5.64. The van der Waals surface area contributed by atoms with Gasteiger partial charge in [-0.15, -0.1) is 0 Å². The van der Waals surface area contributed by atoms with Gasteiger partial charge in [0.1, 0.15) is 0 Å². The van der Waals surface area contributed by atoms with E-state index in [-0.39, 0.29) is 0 Å². The molecule has 2 aromatic carbocycles. The maximum atomic E-state index is 3.06. The molecule has 2 radical (unpaired) electrons. The summed E-state index contributed by atoms with van der Waals surface area (Å²) in [5.74, 6) is 0. The topological polar surface area (TPSA) is 0 Å². The molecule has 0 amide bonds. The first-order valence-electron chi connectivity index (χ1n) is 5.64. The third kappa shape index (κ3) is 3.73. The second-order valence-electron chi connectivity index (χ2n) is 3.79. The summed E-state index contributed by atoms with van der Waals surface area (Å²) in [6.07, 6.45) is 8.32. The molecule has 0 fully saturated rings. The van der Waals surface area contributed by atoms with E-state index >= 15 is 0 Å². The van der Waals surface area contributed by atoms with Crippen LogP contribution in [0.1, 0.15) is 11.1 Å². The molecule has 0 bridgehead atoms. The van der Waals surface area contributed by atoms with Gasteiger partial charge in [0.15, 0.2) is 0 Å². The molecule has 0 atom stereocenters. The first kappa shape index (κ1) is 13.4. The van der Waals surface area contributed by atoms with Gasteiger partial charge in [0.05, 0.1) is 0 Å². The van der Waals surface area contributed by atoms with Crippen molar-refractivity contribution in [2.24, 2.45) is 0 Å². The maximum absolute atomic E-state index is 3.06. The van der Waals surface area contributed by atoms with Crippen LogP contribution in [0.15, 0.2) is 60.7 Å². The summed E-state index contributed by atoms with van der Waals surface area (Å²) < 4.78 is 2.35. The average molecular weight is 362 g/mol. The summed E-state index contributed by atoms with van der Waals surface area (Å²) in [6, 6.07) is 16.5. The summed E-state index contributed by atoms with van der Waals surface area (Å²) in [4.78, 5) is 0. The normalized spacial score (nSPS) is 11.3. The zero-order chi connectivity index (χ0) is 12.8. The van der Waals surface area contributed by atoms with Crippen molar-refractivity contribution in [2.45, 2.75) is 0 Å². The predicted octanol–water partition coefficient (Wildman–Crippen LogP) is 2.00. The van der Waals surface area contributed by atoms with Crippen LogP contribution in [0.25, 0.3) is 12.2 Å². The Balaban J connectivity index is 2.08. The third-order valence-electron chi connectivity index (χ3n) is 2.50. The fourth-order valence-electron chi connectivity index (χ4n) is 1.55. The van der Waals surface area contributed by atoms with Gasteiger partial charge >= 0.3 is 125 Å². The monoisotopic (exact) mass is 364 g/mol. The van der Waals surface area contributed by atoms with Crippen LogP contribution in [0.2, 0.25) is 0 Å². The van der Waals surface area contributed by atoms with E-state index in [1.807, 2.05) is 24.3 Å². The Hall–Kier alpha value is -1.04. The van der Waals surface area contributed by atoms with Crippen molar-refractivity contribution in [3.05, 3.63) is 71.8 Å². The fourth-order valence-corrected chi connectivity index (χ4v) is 2.46.